The molecular formula is C21H33BrN2O2. The van der Waals surface area contributed by atoms with Crippen LogP contribution in [0.5, 0.6) is 0 Å². The Labute approximate surface area is 166 Å². The second kappa shape index (κ2) is 11.4. The van der Waals surface area contributed by atoms with Gasteiger partial charge in [-0.05, 0) is 64.2 Å². The molecule has 4 nitrogen and oxygen atoms in total. The Morgan fingerprint density at radius 2 is 1.88 bits per heavy atom. The van der Waals surface area contributed by atoms with Gasteiger partial charge in [0, 0.05) is 28.5 Å². The molecule has 1 rings (SSSR count). The zero-order valence-corrected chi connectivity index (χ0v) is 18.1. The van der Waals surface area contributed by atoms with Crippen molar-refractivity contribution in [2.24, 2.45) is 5.92 Å². The molecule has 0 fully saturated rings. The first-order valence-corrected chi connectivity index (χ1v) is 10.4. The summed E-state index contributed by atoms with van der Waals surface area (Å²) in [6.07, 6.45) is 5.70. The molecule has 0 spiro atoms. The predicted octanol–water partition coefficient (Wildman–Crippen LogP) is 5.07. The first-order valence-electron chi connectivity index (χ1n) is 9.56. The number of benzene rings is 1. The minimum atomic E-state index is -0.168. The molecule has 0 aromatic heterocycles. The number of amides is 2. The number of unbranched alkanes of at least 4 members (excludes halogenated alkanes) is 1. The maximum absolute atomic E-state index is 12.3. The highest BCUT2D eigenvalue weighted by atomic mass is 79.9. The molecule has 26 heavy (non-hydrogen) atoms. The lowest BCUT2D eigenvalue weighted by atomic mass is 9.96. The first kappa shape index (κ1) is 22.7. The van der Waals surface area contributed by atoms with Crippen molar-refractivity contribution in [2.75, 3.05) is 6.54 Å². The van der Waals surface area contributed by atoms with Crippen molar-refractivity contribution in [3.63, 3.8) is 0 Å². The molecule has 0 bridgehead atoms. The van der Waals surface area contributed by atoms with Gasteiger partial charge in [-0.3, -0.25) is 9.59 Å². The number of carbonyl (C=O) groups excluding carboxylic acids is 2. The van der Waals surface area contributed by atoms with Gasteiger partial charge in [0.25, 0.3) is 5.91 Å². The van der Waals surface area contributed by atoms with Crippen LogP contribution in [0.4, 0.5) is 0 Å². The Balaban J connectivity index is 2.35. The number of hydrogen-bond acceptors (Lipinski definition) is 2. The van der Waals surface area contributed by atoms with Crippen molar-refractivity contribution in [3.05, 3.63) is 34.3 Å². The van der Waals surface area contributed by atoms with E-state index in [0.29, 0.717) is 24.4 Å². The molecule has 1 aromatic carbocycles. The molecule has 146 valence electrons. The van der Waals surface area contributed by atoms with E-state index >= 15 is 0 Å². The van der Waals surface area contributed by atoms with Gasteiger partial charge in [-0.25, -0.2) is 0 Å². The number of nitrogens with one attached hydrogen (secondary N) is 2. The van der Waals surface area contributed by atoms with Crippen LogP contribution in [0.3, 0.4) is 0 Å². The van der Waals surface area contributed by atoms with Crippen molar-refractivity contribution >= 4 is 27.7 Å². The fraction of sp³-hybridized carbons (Fsp3) is 0.619. The fourth-order valence-corrected chi connectivity index (χ4v) is 3.32. The zero-order chi connectivity index (χ0) is 19.6. The normalized spacial score (nSPS) is 12.5. The summed E-state index contributed by atoms with van der Waals surface area (Å²) in [7, 11) is 0. The molecule has 5 heteroatoms. The third-order valence-corrected chi connectivity index (χ3v) is 4.61. The monoisotopic (exact) mass is 424 g/mol. The maximum Gasteiger partial charge on any atom is 0.251 e. The van der Waals surface area contributed by atoms with E-state index in [1.165, 1.54) is 0 Å². The molecular weight excluding hydrogens is 392 g/mol. The Bertz CT molecular complexity index is 582. The summed E-state index contributed by atoms with van der Waals surface area (Å²) in [5, 5.41) is 6.05. The minimum Gasteiger partial charge on any atom is -0.352 e. The smallest absolute Gasteiger partial charge is 0.251 e. The average Bonchev–Trinajstić information content (AvgIpc) is 2.54. The third kappa shape index (κ3) is 9.95. The molecule has 0 saturated carbocycles. The first-order chi connectivity index (χ1) is 12.2. The largest absolute Gasteiger partial charge is 0.352 e. The second-order valence-corrected chi connectivity index (χ2v) is 8.83. The van der Waals surface area contributed by atoms with Crippen LogP contribution >= 0.6 is 15.9 Å². The molecule has 0 aliphatic carbocycles. The van der Waals surface area contributed by atoms with Gasteiger partial charge in [-0.1, -0.05) is 41.8 Å². The van der Waals surface area contributed by atoms with Crippen LogP contribution in [0.1, 0.15) is 76.6 Å². The molecule has 1 aromatic rings. The van der Waals surface area contributed by atoms with Crippen LogP contribution in [0, 0.1) is 5.92 Å². The van der Waals surface area contributed by atoms with E-state index < -0.39 is 0 Å². The van der Waals surface area contributed by atoms with Crippen LogP contribution in [-0.2, 0) is 4.79 Å². The van der Waals surface area contributed by atoms with E-state index in [-0.39, 0.29) is 17.4 Å². The van der Waals surface area contributed by atoms with Gasteiger partial charge in [0.05, 0.1) is 0 Å². The van der Waals surface area contributed by atoms with Gasteiger partial charge in [0.1, 0.15) is 0 Å². The standard InChI is InChI=1S/C21H33BrN2O2/c1-5-9-16(10-6-7-13-19(25)24-21(2,3)4)15-23-20(26)17-11-8-12-18(22)14-17/h8,11-12,14,16H,5-7,9-10,13,15H2,1-4H3,(H,23,26)(H,24,25). The topological polar surface area (TPSA) is 58.2 Å². The SMILES string of the molecule is CCCC(CCCCC(=O)NC(C)(C)C)CNC(=O)c1cccc(Br)c1. The highest BCUT2D eigenvalue weighted by Gasteiger charge is 2.14. The van der Waals surface area contributed by atoms with Crippen molar-refractivity contribution in [1.82, 2.24) is 10.6 Å². The van der Waals surface area contributed by atoms with Crippen LogP contribution < -0.4 is 10.6 Å². The Morgan fingerprint density at radius 3 is 2.50 bits per heavy atom. The van der Waals surface area contributed by atoms with Crippen LogP contribution in [0.25, 0.3) is 0 Å². The van der Waals surface area contributed by atoms with Crippen molar-refractivity contribution < 1.29 is 9.59 Å². The number of carbonyl (C=O) groups is 2. The van der Waals surface area contributed by atoms with E-state index in [1.54, 1.807) is 0 Å². The Kier molecular flexibility index (Phi) is 9.92. The number of halogens is 1. The van der Waals surface area contributed by atoms with E-state index in [0.717, 1.165) is 36.6 Å². The number of hydrogen-bond donors (Lipinski definition) is 2. The summed E-state index contributed by atoms with van der Waals surface area (Å²) in [5.74, 6) is 0.547. The highest BCUT2D eigenvalue weighted by Crippen LogP contribution is 2.16. The lowest BCUT2D eigenvalue weighted by Gasteiger charge is -2.21. The van der Waals surface area contributed by atoms with Crippen LogP contribution in [-0.4, -0.2) is 23.9 Å². The summed E-state index contributed by atoms with van der Waals surface area (Å²) >= 11 is 3.39. The van der Waals surface area contributed by atoms with E-state index in [1.807, 2.05) is 45.0 Å². The van der Waals surface area contributed by atoms with E-state index in [9.17, 15) is 9.59 Å². The molecule has 1 atom stereocenters. The molecule has 0 aliphatic heterocycles. The van der Waals surface area contributed by atoms with Crippen LogP contribution in [0.15, 0.2) is 28.7 Å². The molecule has 1 unspecified atom stereocenters. The van der Waals surface area contributed by atoms with Crippen molar-refractivity contribution in [3.8, 4) is 0 Å². The molecule has 0 aliphatic rings. The lowest BCUT2D eigenvalue weighted by Crippen LogP contribution is -2.40. The summed E-state index contributed by atoms with van der Waals surface area (Å²) in [5.41, 5.74) is 0.506. The maximum atomic E-state index is 12.3. The van der Waals surface area contributed by atoms with Crippen molar-refractivity contribution in [1.29, 1.82) is 0 Å². The molecule has 0 heterocycles. The van der Waals surface area contributed by atoms with Gasteiger partial charge in [-0.2, -0.15) is 0 Å². The summed E-state index contributed by atoms with van der Waals surface area (Å²) < 4.78 is 0.906. The fourth-order valence-electron chi connectivity index (χ4n) is 2.92. The summed E-state index contributed by atoms with van der Waals surface area (Å²) in [4.78, 5) is 24.1. The Hall–Kier alpha value is -1.36. The molecule has 0 radical (unpaired) electrons. The van der Waals surface area contributed by atoms with Gasteiger partial charge < -0.3 is 10.6 Å². The Morgan fingerprint density at radius 1 is 1.15 bits per heavy atom. The summed E-state index contributed by atoms with van der Waals surface area (Å²) in [6, 6.07) is 7.43. The van der Waals surface area contributed by atoms with Crippen LogP contribution in [0.2, 0.25) is 0 Å². The highest BCUT2D eigenvalue weighted by molar-refractivity contribution is 9.10. The lowest BCUT2D eigenvalue weighted by molar-refractivity contribution is -0.122. The molecule has 2 amide bonds. The summed E-state index contributed by atoms with van der Waals surface area (Å²) in [6.45, 7) is 8.84. The zero-order valence-electron chi connectivity index (χ0n) is 16.5. The van der Waals surface area contributed by atoms with Gasteiger partial charge in [0.15, 0.2) is 0 Å². The number of rotatable bonds is 10. The second-order valence-electron chi connectivity index (χ2n) is 7.92. The van der Waals surface area contributed by atoms with Gasteiger partial charge in [-0.15, -0.1) is 0 Å². The third-order valence-electron chi connectivity index (χ3n) is 4.12. The quantitative estimate of drug-likeness (QED) is 0.514. The average molecular weight is 425 g/mol. The minimum absolute atomic E-state index is 0.0306. The van der Waals surface area contributed by atoms with E-state index in [4.69, 9.17) is 0 Å². The van der Waals surface area contributed by atoms with Gasteiger partial charge >= 0.3 is 0 Å². The van der Waals surface area contributed by atoms with E-state index in [2.05, 4.69) is 33.5 Å². The van der Waals surface area contributed by atoms with Gasteiger partial charge in [0.2, 0.25) is 5.91 Å². The predicted molar refractivity (Wildman–Crippen MR) is 111 cm³/mol. The molecule has 0 saturated heterocycles. The molecule has 2 N–H and O–H groups in total. The van der Waals surface area contributed by atoms with Crippen molar-refractivity contribution in [2.45, 2.75) is 71.8 Å².